The molecule has 0 aromatic heterocycles. The van der Waals surface area contributed by atoms with E-state index in [-0.39, 0.29) is 11.7 Å². The second kappa shape index (κ2) is 9.26. The van der Waals surface area contributed by atoms with Crippen LogP contribution in [0, 0.1) is 11.3 Å². The van der Waals surface area contributed by atoms with Gasteiger partial charge in [0, 0.05) is 23.2 Å². The first-order valence-electron chi connectivity index (χ1n) is 7.69. The zero-order valence-corrected chi connectivity index (χ0v) is 14.8. The van der Waals surface area contributed by atoms with Crippen molar-refractivity contribution in [1.82, 2.24) is 5.32 Å². The fraction of sp³-hybridized carbons (Fsp3) is 0.333. The Morgan fingerprint density at radius 3 is 3.08 bits per heavy atom. The Morgan fingerprint density at radius 2 is 2.42 bits per heavy atom. The number of benzene rings is 1. The molecule has 5 nitrogen and oxygen atoms in total. The first-order chi connectivity index (χ1) is 11.6. The molecule has 0 aliphatic carbocycles. The van der Waals surface area contributed by atoms with Gasteiger partial charge in [-0.2, -0.15) is 5.26 Å². The summed E-state index contributed by atoms with van der Waals surface area (Å²) in [6.45, 7) is 5.09. The number of rotatable bonds is 7. The third-order valence-corrected chi connectivity index (χ3v) is 4.00. The molecule has 0 unspecified atom stereocenters. The molecule has 1 fully saturated rings. The van der Waals surface area contributed by atoms with Crippen LogP contribution in [0.25, 0.3) is 6.08 Å². The fourth-order valence-electron chi connectivity index (χ4n) is 2.32. The predicted octanol–water partition coefficient (Wildman–Crippen LogP) is 3.22. The van der Waals surface area contributed by atoms with Gasteiger partial charge in [-0.3, -0.25) is 4.79 Å². The largest absolute Gasteiger partial charge is 0.489 e. The van der Waals surface area contributed by atoms with Crippen molar-refractivity contribution in [2.75, 3.05) is 19.8 Å². The highest BCUT2D eigenvalue weighted by Gasteiger charge is 2.18. The topological polar surface area (TPSA) is 71.3 Å². The van der Waals surface area contributed by atoms with E-state index in [2.05, 4.69) is 27.8 Å². The third-order valence-electron chi connectivity index (χ3n) is 3.51. The summed E-state index contributed by atoms with van der Waals surface area (Å²) in [6.07, 6.45) is 5.12. The van der Waals surface area contributed by atoms with Crippen LogP contribution >= 0.6 is 15.9 Å². The van der Waals surface area contributed by atoms with Gasteiger partial charge in [-0.05, 0) is 37.1 Å². The lowest BCUT2D eigenvalue weighted by Crippen LogP contribution is -2.32. The van der Waals surface area contributed by atoms with Gasteiger partial charge in [-0.1, -0.05) is 28.6 Å². The number of hydrogen-bond donors (Lipinski definition) is 1. The number of nitrogens with zero attached hydrogens (tertiary/aromatic N) is 1. The van der Waals surface area contributed by atoms with Crippen molar-refractivity contribution >= 4 is 27.9 Å². The summed E-state index contributed by atoms with van der Waals surface area (Å²) < 4.78 is 11.9. The summed E-state index contributed by atoms with van der Waals surface area (Å²) in [5.41, 5.74) is 0.671. The SMILES string of the molecule is C=CCOc1ccc(Br)cc1/C=C(\C#N)C(=O)NC[C@H]1CCCO1. The van der Waals surface area contributed by atoms with Crippen LogP contribution < -0.4 is 10.1 Å². The number of halogens is 1. The predicted molar refractivity (Wildman–Crippen MR) is 95.4 cm³/mol. The van der Waals surface area contributed by atoms with E-state index in [1.165, 1.54) is 6.08 Å². The van der Waals surface area contributed by atoms with Crippen LogP contribution in [-0.4, -0.2) is 31.8 Å². The van der Waals surface area contributed by atoms with Crippen LogP contribution in [-0.2, 0) is 9.53 Å². The molecule has 0 spiro atoms. The van der Waals surface area contributed by atoms with Crippen molar-refractivity contribution in [3.05, 3.63) is 46.5 Å². The van der Waals surface area contributed by atoms with E-state index in [0.717, 1.165) is 23.9 Å². The van der Waals surface area contributed by atoms with Gasteiger partial charge in [0.1, 0.15) is 24.0 Å². The molecule has 24 heavy (non-hydrogen) atoms. The van der Waals surface area contributed by atoms with Crippen LogP contribution in [0.15, 0.2) is 40.9 Å². The van der Waals surface area contributed by atoms with Crippen molar-refractivity contribution in [3.8, 4) is 11.8 Å². The smallest absolute Gasteiger partial charge is 0.262 e. The van der Waals surface area contributed by atoms with E-state index in [4.69, 9.17) is 9.47 Å². The van der Waals surface area contributed by atoms with Crippen molar-refractivity contribution < 1.29 is 14.3 Å². The number of carbonyl (C=O) groups is 1. The molecular formula is C18H19BrN2O3. The summed E-state index contributed by atoms with van der Waals surface area (Å²) >= 11 is 3.38. The molecule has 1 saturated heterocycles. The van der Waals surface area contributed by atoms with E-state index in [1.807, 2.05) is 12.1 Å². The third kappa shape index (κ3) is 5.22. The standard InChI is InChI=1S/C18H19BrN2O3/c1-2-7-24-17-6-5-15(19)10-13(17)9-14(11-20)18(22)21-12-16-4-3-8-23-16/h2,5-6,9-10,16H,1,3-4,7-8,12H2,(H,21,22)/b14-9+/t16-/m1/s1. The molecular weight excluding hydrogens is 372 g/mol. The summed E-state index contributed by atoms with van der Waals surface area (Å²) in [6, 6.07) is 7.35. The van der Waals surface area contributed by atoms with Gasteiger partial charge in [-0.25, -0.2) is 0 Å². The first-order valence-corrected chi connectivity index (χ1v) is 8.48. The lowest BCUT2D eigenvalue weighted by molar-refractivity contribution is -0.117. The molecule has 1 amide bonds. The monoisotopic (exact) mass is 390 g/mol. The van der Waals surface area contributed by atoms with Gasteiger partial charge in [-0.15, -0.1) is 0 Å². The molecule has 1 heterocycles. The summed E-state index contributed by atoms with van der Waals surface area (Å²) in [5, 5.41) is 12.1. The average Bonchev–Trinajstić information content (AvgIpc) is 3.10. The van der Waals surface area contributed by atoms with E-state index < -0.39 is 5.91 Å². The number of hydrogen-bond acceptors (Lipinski definition) is 4. The van der Waals surface area contributed by atoms with Crippen LogP contribution in [0.5, 0.6) is 5.75 Å². The van der Waals surface area contributed by atoms with Crippen molar-refractivity contribution in [3.63, 3.8) is 0 Å². The summed E-state index contributed by atoms with van der Waals surface area (Å²) in [7, 11) is 0. The minimum absolute atomic E-state index is 0.0227. The minimum atomic E-state index is -0.414. The van der Waals surface area contributed by atoms with Crippen LogP contribution in [0.3, 0.4) is 0 Å². The second-order valence-electron chi connectivity index (χ2n) is 5.30. The Morgan fingerprint density at radius 1 is 1.58 bits per heavy atom. The van der Waals surface area contributed by atoms with Crippen LogP contribution in [0.1, 0.15) is 18.4 Å². The van der Waals surface area contributed by atoms with Gasteiger partial charge in [0.25, 0.3) is 5.91 Å². The van der Waals surface area contributed by atoms with Gasteiger partial charge in [0.05, 0.1) is 6.10 Å². The van der Waals surface area contributed by atoms with Gasteiger partial charge in [0.2, 0.25) is 0 Å². The molecule has 2 rings (SSSR count). The molecule has 0 bridgehead atoms. The number of carbonyl (C=O) groups excluding carboxylic acids is 1. The molecule has 0 saturated carbocycles. The molecule has 1 aromatic rings. The normalized spacial score (nSPS) is 17.2. The lowest BCUT2D eigenvalue weighted by Gasteiger charge is -2.11. The number of nitriles is 1. The highest BCUT2D eigenvalue weighted by molar-refractivity contribution is 9.10. The maximum atomic E-state index is 12.2. The van der Waals surface area contributed by atoms with Crippen LogP contribution in [0.2, 0.25) is 0 Å². The molecule has 6 heteroatoms. The van der Waals surface area contributed by atoms with Gasteiger partial charge >= 0.3 is 0 Å². The molecule has 1 aliphatic rings. The zero-order valence-electron chi connectivity index (χ0n) is 13.3. The Labute approximate surface area is 150 Å². The van der Waals surface area contributed by atoms with E-state index >= 15 is 0 Å². The average molecular weight is 391 g/mol. The van der Waals surface area contributed by atoms with Crippen molar-refractivity contribution in [2.45, 2.75) is 18.9 Å². The Balaban J connectivity index is 2.13. The summed E-state index contributed by atoms with van der Waals surface area (Å²) in [5.74, 6) is 0.167. The molecule has 1 aliphatic heterocycles. The molecule has 126 valence electrons. The highest BCUT2D eigenvalue weighted by atomic mass is 79.9. The van der Waals surface area contributed by atoms with Crippen molar-refractivity contribution in [1.29, 1.82) is 5.26 Å². The number of nitrogens with one attached hydrogen (secondary N) is 1. The second-order valence-corrected chi connectivity index (χ2v) is 6.21. The van der Waals surface area contributed by atoms with Crippen LogP contribution in [0.4, 0.5) is 0 Å². The maximum absolute atomic E-state index is 12.2. The molecule has 1 atom stereocenters. The number of ether oxygens (including phenoxy) is 2. The maximum Gasteiger partial charge on any atom is 0.262 e. The lowest BCUT2D eigenvalue weighted by atomic mass is 10.1. The molecule has 1 aromatic carbocycles. The minimum Gasteiger partial charge on any atom is -0.489 e. The Kier molecular flexibility index (Phi) is 7.04. The zero-order chi connectivity index (χ0) is 17.4. The van der Waals surface area contributed by atoms with E-state index in [9.17, 15) is 10.1 Å². The highest BCUT2D eigenvalue weighted by Crippen LogP contribution is 2.25. The van der Waals surface area contributed by atoms with E-state index in [0.29, 0.717) is 24.5 Å². The Bertz CT molecular complexity index is 673. The number of amides is 1. The van der Waals surface area contributed by atoms with E-state index in [1.54, 1.807) is 18.2 Å². The van der Waals surface area contributed by atoms with Gasteiger partial charge < -0.3 is 14.8 Å². The molecule has 1 N–H and O–H groups in total. The Hall–Kier alpha value is -2.10. The molecule has 0 radical (unpaired) electrons. The summed E-state index contributed by atoms with van der Waals surface area (Å²) in [4.78, 5) is 12.2. The first kappa shape index (κ1) is 18.2. The van der Waals surface area contributed by atoms with Gasteiger partial charge in [0.15, 0.2) is 0 Å². The quantitative estimate of drug-likeness (QED) is 0.440. The van der Waals surface area contributed by atoms with Crippen molar-refractivity contribution in [2.24, 2.45) is 0 Å². The fourth-order valence-corrected chi connectivity index (χ4v) is 2.70.